The molecule has 1 aromatic heterocycles. The number of anilines is 1. The zero-order chi connectivity index (χ0) is 13.9. The van der Waals surface area contributed by atoms with Crippen LogP contribution in [0.5, 0.6) is 0 Å². The average molecular weight is 268 g/mol. The fourth-order valence-corrected chi connectivity index (χ4v) is 3.36. The Morgan fingerprint density at radius 1 is 1.05 bits per heavy atom. The van der Waals surface area contributed by atoms with Gasteiger partial charge >= 0.3 is 0 Å². The molecule has 1 saturated carbocycles. The number of nitrogens with zero attached hydrogens (tertiary/aromatic N) is 1. The lowest BCUT2D eigenvalue weighted by atomic mass is 9.80. The van der Waals surface area contributed by atoms with E-state index in [2.05, 4.69) is 72.5 Å². The predicted molar refractivity (Wildman–Crippen MR) is 85.4 cm³/mol. The summed E-state index contributed by atoms with van der Waals surface area (Å²) in [4.78, 5) is 0. The SMILES string of the molecule is CC1CCC(Nc2cccc(-n3cccc3)c2)C(C)C1. The van der Waals surface area contributed by atoms with Gasteiger partial charge < -0.3 is 9.88 Å². The lowest BCUT2D eigenvalue weighted by Gasteiger charge is -2.34. The van der Waals surface area contributed by atoms with Gasteiger partial charge in [0.25, 0.3) is 0 Å². The van der Waals surface area contributed by atoms with Gasteiger partial charge in [-0.1, -0.05) is 19.9 Å². The summed E-state index contributed by atoms with van der Waals surface area (Å²) in [7, 11) is 0. The molecule has 3 rings (SSSR count). The third-order valence-corrected chi connectivity index (χ3v) is 4.53. The van der Waals surface area contributed by atoms with Gasteiger partial charge in [-0.25, -0.2) is 0 Å². The number of hydrogen-bond acceptors (Lipinski definition) is 1. The van der Waals surface area contributed by atoms with Gasteiger partial charge in [0.2, 0.25) is 0 Å². The largest absolute Gasteiger partial charge is 0.382 e. The van der Waals surface area contributed by atoms with E-state index in [1.807, 2.05) is 0 Å². The van der Waals surface area contributed by atoms with Crippen LogP contribution >= 0.6 is 0 Å². The summed E-state index contributed by atoms with van der Waals surface area (Å²) in [5.41, 5.74) is 2.46. The lowest BCUT2D eigenvalue weighted by molar-refractivity contribution is 0.276. The molecule has 2 nitrogen and oxygen atoms in total. The fourth-order valence-electron chi connectivity index (χ4n) is 3.36. The Labute approximate surface area is 121 Å². The van der Waals surface area contributed by atoms with E-state index in [9.17, 15) is 0 Å². The molecule has 0 radical (unpaired) electrons. The quantitative estimate of drug-likeness (QED) is 0.852. The summed E-state index contributed by atoms with van der Waals surface area (Å²) in [6.45, 7) is 4.75. The molecule has 1 N–H and O–H groups in total. The number of benzene rings is 1. The van der Waals surface area contributed by atoms with Crippen LogP contribution in [0, 0.1) is 11.8 Å². The number of hydrogen-bond donors (Lipinski definition) is 1. The summed E-state index contributed by atoms with van der Waals surface area (Å²) in [6, 6.07) is 13.4. The fraction of sp³-hybridized carbons (Fsp3) is 0.444. The molecule has 2 heteroatoms. The van der Waals surface area contributed by atoms with Crippen molar-refractivity contribution in [2.75, 3.05) is 5.32 Å². The third-order valence-electron chi connectivity index (χ3n) is 4.53. The Balaban J connectivity index is 1.73. The van der Waals surface area contributed by atoms with Crippen LogP contribution in [0.15, 0.2) is 48.8 Å². The molecule has 0 spiro atoms. The van der Waals surface area contributed by atoms with Crippen molar-refractivity contribution in [2.45, 2.75) is 39.2 Å². The van der Waals surface area contributed by atoms with Crippen LogP contribution in [0.3, 0.4) is 0 Å². The first-order valence-electron chi connectivity index (χ1n) is 7.72. The number of rotatable bonds is 3. The Morgan fingerprint density at radius 2 is 1.85 bits per heavy atom. The molecule has 0 amide bonds. The van der Waals surface area contributed by atoms with E-state index >= 15 is 0 Å². The monoisotopic (exact) mass is 268 g/mol. The van der Waals surface area contributed by atoms with Gasteiger partial charge in [-0.15, -0.1) is 0 Å². The Hall–Kier alpha value is -1.70. The number of nitrogens with one attached hydrogen (secondary N) is 1. The van der Waals surface area contributed by atoms with Crippen LogP contribution in [-0.2, 0) is 0 Å². The summed E-state index contributed by atoms with van der Waals surface area (Å²) >= 11 is 0. The second-order valence-electron chi connectivity index (χ2n) is 6.29. The highest BCUT2D eigenvalue weighted by atomic mass is 15.0. The van der Waals surface area contributed by atoms with Crippen molar-refractivity contribution in [3.63, 3.8) is 0 Å². The zero-order valence-corrected chi connectivity index (χ0v) is 12.4. The van der Waals surface area contributed by atoms with Crippen molar-refractivity contribution in [1.82, 2.24) is 4.57 Å². The second kappa shape index (κ2) is 5.74. The minimum atomic E-state index is 0.617. The molecule has 0 bridgehead atoms. The Morgan fingerprint density at radius 3 is 2.60 bits per heavy atom. The van der Waals surface area contributed by atoms with Gasteiger partial charge in [-0.2, -0.15) is 0 Å². The van der Waals surface area contributed by atoms with E-state index < -0.39 is 0 Å². The Bertz CT molecular complexity index is 544. The highest BCUT2D eigenvalue weighted by Gasteiger charge is 2.25. The van der Waals surface area contributed by atoms with E-state index in [4.69, 9.17) is 0 Å². The molecule has 1 heterocycles. The normalized spacial score (nSPS) is 26.4. The smallest absolute Gasteiger partial charge is 0.0469 e. The summed E-state index contributed by atoms with van der Waals surface area (Å²) < 4.78 is 2.15. The standard InChI is InChI=1S/C18H24N2/c1-14-8-9-18(15(2)12-14)19-16-6-5-7-17(13-16)20-10-3-4-11-20/h3-7,10-11,13-15,18-19H,8-9,12H2,1-2H3. The Kier molecular flexibility index (Phi) is 3.81. The highest BCUT2D eigenvalue weighted by molar-refractivity contribution is 5.52. The van der Waals surface area contributed by atoms with Gasteiger partial charge in [0.15, 0.2) is 0 Å². The van der Waals surface area contributed by atoms with Crippen molar-refractivity contribution < 1.29 is 0 Å². The van der Waals surface area contributed by atoms with E-state index in [-0.39, 0.29) is 0 Å². The van der Waals surface area contributed by atoms with Crippen molar-refractivity contribution in [3.05, 3.63) is 48.8 Å². The van der Waals surface area contributed by atoms with Crippen LogP contribution < -0.4 is 5.32 Å². The van der Waals surface area contributed by atoms with Crippen LogP contribution in [-0.4, -0.2) is 10.6 Å². The predicted octanol–water partition coefficient (Wildman–Crippen LogP) is 4.71. The van der Waals surface area contributed by atoms with Crippen molar-refractivity contribution in [1.29, 1.82) is 0 Å². The molecule has 3 unspecified atom stereocenters. The van der Waals surface area contributed by atoms with Gasteiger partial charge in [0.1, 0.15) is 0 Å². The maximum atomic E-state index is 3.74. The minimum absolute atomic E-state index is 0.617. The van der Waals surface area contributed by atoms with Crippen molar-refractivity contribution in [2.24, 2.45) is 11.8 Å². The molecule has 1 aromatic carbocycles. The maximum Gasteiger partial charge on any atom is 0.0469 e. The van der Waals surface area contributed by atoms with E-state index in [0.29, 0.717) is 6.04 Å². The third kappa shape index (κ3) is 2.90. The lowest BCUT2D eigenvalue weighted by Crippen LogP contribution is -2.32. The molecule has 20 heavy (non-hydrogen) atoms. The van der Waals surface area contributed by atoms with Crippen LogP contribution in [0.25, 0.3) is 5.69 Å². The van der Waals surface area contributed by atoms with Gasteiger partial charge in [0.05, 0.1) is 0 Å². The first-order chi connectivity index (χ1) is 9.72. The first kappa shape index (κ1) is 13.3. The van der Waals surface area contributed by atoms with E-state index in [0.717, 1.165) is 11.8 Å². The van der Waals surface area contributed by atoms with Crippen LogP contribution in [0.2, 0.25) is 0 Å². The zero-order valence-electron chi connectivity index (χ0n) is 12.4. The average Bonchev–Trinajstić information content (AvgIpc) is 2.96. The minimum Gasteiger partial charge on any atom is -0.382 e. The molecule has 0 saturated heterocycles. The number of aromatic nitrogens is 1. The molecule has 0 aliphatic heterocycles. The topological polar surface area (TPSA) is 17.0 Å². The molecule has 106 valence electrons. The maximum absolute atomic E-state index is 3.74. The van der Waals surface area contributed by atoms with Crippen LogP contribution in [0.1, 0.15) is 33.1 Å². The van der Waals surface area contributed by atoms with E-state index in [1.54, 1.807) is 0 Å². The molecule has 1 aliphatic rings. The van der Waals surface area contributed by atoms with E-state index in [1.165, 1.54) is 30.6 Å². The summed E-state index contributed by atoms with van der Waals surface area (Å²) in [5, 5.41) is 3.74. The molecule has 1 fully saturated rings. The molecule has 2 aromatic rings. The first-order valence-corrected chi connectivity index (χ1v) is 7.72. The van der Waals surface area contributed by atoms with Gasteiger partial charge in [-0.3, -0.25) is 0 Å². The molecule has 3 atom stereocenters. The molecule has 1 aliphatic carbocycles. The second-order valence-corrected chi connectivity index (χ2v) is 6.29. The van der Waals surface area contributed by atoms with Crippen molar-refractivity contribution in [3.8, 4) is 5.69 Å². The molecular formula is C18H24N2. The highest BCUT2D eigenvalue weighted by Crippen LogP contribution is 2.31. The van der Waals surface area contributed by atoms with Crippen molar-refractivity contribution >= 4 is 5.69 Å². The van der Waals surface area contributed by atoms with Crippen LogP contribution in [0.4, 0.5) is 5.69 Å². The summed E-state index contributed by atoms with van der Waals surface area (Å²) in [6.07, 6.45) is 8.15. The molecular weight excluding hydrogens is 244 g/mol. The van der Waals surface area contributed by atoms with Gasteiger partial charge in [-0.05, 0) is 61.4 Å². The summed E-state index contributed by atoms with van der Waals surface area (Å²) in [5.74, 6) is 1.64. The van der Waals surface area contributed by atoms with Gasteiger partial charge in [0, 0.05) is 29.8 Å².